The molecule has 0 aliphatic heterocycles. The summed E-state index contributed by atoms with van der Waals surface area (Å²) in [5, 5.41) is 3.89. The van der Waals surface area contributed by atoms with E-state index in [9.17, 15) is 4.79 Å². The summed E-state index contributed by atoms with van der Waals surface area (Å²) in [5.41, 5.74) is 3.48. The second-order valence-corrected chi connectivity index (χ2v) is 5.52. The molecule has 110 valence electrons. The number of benzene rings is 1. The first kappa shape index (κ1) is 15.5. The average molecular weight is 349 g/mol. The Morgan fingerprint density at radius 1 is 1.29 bits per heavy atom. The highest BCUT2D eigenvalue weighted by atomic mass is 79.9. The number of carbonyl (C=O) groups excluding carboxylic acids is 1. The Hall–Kier alpha value is -1.88. The number of unbranched alkanes of at least 4 members (excludes halogenated alkanes) is 1. The van der Waals surface area contributed by atoms with Gasteiger partial charge in [0, 0.05) is 16.5 Å². The summed E-state index contributed by atoms with van der Waals surface area (Å²) in [5.74, 6) is 1.29. The number of nitrogens with one attached hydrogen (secondary N) is 1. The predicted molar refractivity (Wildman–Crippen MR) is 87.1 cm³/mol. The second kappa shape index (κ2) is 7.78. The second-order valence-electron chi connectivity index (χ2n) is 4.61. The van der Waals surface area contributed by atoms with E-state index in [1.165, 1.54) is 6.21 Å². The molecule has 0 radical (unpaired) electrons. The molecule has 2 aromatic rings. The SMILES string of the molecule is CCCCC(=O)N/N=C\c1ccc(-c2ccc(Br)cc2)o1. The van der Waals surface area contributed by atoms with Gasteiger partial charge in [-0.2, -0.15) is 5.10 Å². The Labute approximate surface area is 132 Å². The first-order chi connectivity index (χ1) is 10.2. The summed E-state index contributed by atoms with van der Waals surface area (Å²) in [4.78, 5) is 11.4. The maximum atomic E-state index is 11.4. The fourth-order valence-electron chi connectivity index (χ4n) is 1.75. The van der Waals surface area contributed by atoms with Crippen LogP contribution < -0.4 is 5.43 Å². The minimum atomic E-state index is -0.0761. The van der Waals surface area contributed by atoms with Gasteiger partial charge >= 0.3 is 0 Å². The number of amides is 1. The maximum absolute atomic E-state index is 11.4. The number of hydrogen-bond acceptors (Lipinski definition) is 3. The molecule has 0 bridgehead atoms. The Bertz CT molecular complexity index is 617. The molecule has 1 aromatic heterocycles. The average Bonchev–Trinajstić information content (AvgIpc) is 2.95. The molecule has 2 rings (SSSR count). The first-order valence-electron chi connectivity index (χ1n) is 6.86. The van der Waals surface area contributed by atoms with E-state index in [0.717, 1.165) is 28.6 Å². The summed E-state index contributed by atoms with van der Waals surface area (Å²) >= 11 is 3.40. The van der Waals surface area contributed by atoms with Crippen LogP contribution in [0.4, 0.5) is 0 Å². The molecule has 1 amide bonds. The number of carbonyl (C=O) groups is 1. The molecule has 0 saturated heterocycles. The number of hydrogen-bond donors (Lipinski definition) is 1. The molecule has 0 atom stereocenters. The van der Waals surface area contributed by atoms with E-state index < -0.39 is 0 Å². The highest BCUT2D eigenvalue weighted by molar-refractivity contribution is 9.10. The van der Waals surface area contributed by atoms with Gasteiger partial charge in [0.05, 0.1) is 6.21 Å². The number of hydrazone groups is 1. The normalized spacial score (nSPS) is 11.0. The van der Waals surface area contributed by atoms with Crippen LogP contribution in [-0.2, 0) is 4.79 Å². The van der Waals surface area contributed by atoms with Crippen molar-refractivity contribution in [3.8, 4) is 11.3 Å². The molecular weight excluding hydrogens is 332 g/mol. The lowest BCUT2D eigenvalue weighted by Gasteiger charge is -1.97. The van der Waals surface area contributed by atoms with Crippen molar-refractivity contribution < 1.29 is 9.21 Å². The molecule has 0 fully saturated rings. The quantitative estimate of drug-likeness (QED) is 0.623. The summed E-state index contributed by atoms with van der Waals surface area (Å²) < 4.78 is 6.68. The smallest absolute Gasteiger partial charge is 0.240 e. The lowest BCUT2D eigenvalue weighted by molar-refractivity contribution is -0.121. The van der Waals surface area contributed by atoms with Crippen molar-refractivity contribution in [2.45, 2.75) is 26.2 Å². The van der Waals surface area contributed by atoms with Gasteiger partial charge < -0.3 is 4.42 Å². The van der Waals surface area contributed by atoms with Crippen LogP contribution in [0.2, 0.25) is 0 Å². The van der Waals surface area contributed by atoms with Gasteiger partial charge in [-0.1, -0.05) is 41.4 Å². The van der Waals surface area contributed by atoms with Crippen molar-refractivity contribution in [3.05, 3.63) is 46.6 Å². The van der Waals surface area contributed by atoms with Crippen molar-refractivity contribution in [2.24, 2.45) is 5.10 Å². The number of rotatable bonds is 6. The van der Waals surface area contributed by atoms with Gasteiger partial charge in [0.15, 0.2) is 0 Å². The van der Waals surface area contributed by atoms with Gasteiger partial charge in [-0.3, -0.25) is 4.79 Å². The molecule has 0 aliphatic rings. The van der Waals surface area contributed by atoms with E-state index >= 15 is 0 Å². The molecule has 5 heteroatoms. The van der Waals surface area contributed by atoms with Crippen LogP contribution in [0.15, 0.2) is 50.4 Å². The molecule has 4 nitrogen and oxygen atoms in total. The van der Waals surface area contributed by atoms with Gasteiger partial charge in [-0.25, -0.2) is 5.43 Å². The van der Waals surface area contributed by atoms with Gasteiger partial charge in [0.1, 0.15) is 11.5 Å². The standard InChI is InChI=1S/C16H17BrN2O2/c1-2-3-4-16(20)19-18-11-14-9-10-15(21-14)12-5-7-13(17)8-6-12/h5-11H,2-4H2,1H3,(H,19,20)/b18-11-. The third kappa shape index (κ3) is 4.86. The number of furan rings is 1. The fraction of sp³-hybridized carbons (Fsp3) is 0.250. The van der Waals surface area contributed by atoms with Crippen LogP contribution in [0.1, 0.15) is 31.9 Å². The number of nitrogens with zero attached hydrogens (tertiary/aromatic N) is 1. The van der Waals surface area contributed by atoms with Crippen LogP contribution in [0.3, 0.4) is 0 Å². The molecule has 1 aromatic carbocycles. The molecule has 0 aliphatic carbocycles. The Kier molecular flexibility index (Phi) is 5.75. The van der Waals surface area contributed by atoms with Crippen LogP contribution >= 0.6 is 15.9 Å². The van der Waals surface area contributed by atoms with E-state index in [2.05, 4.69) is 26.5 Å². The molecule has 0 saturated carbocycles. The Balaban J connectivity index is 1.94. The van der Waals surface area contributed by atoms with Crippen LogP contribution in [0.5, 0.6) is 0 Å². The van der Waals surface area contributed by atoms with Gasteiger partial charge in [0.25, 0.3) is 0 Å². The Morgan fingerprint density at radius 2 is 2.05 bits per heavy atom. The summed E-state index contributed by atoms with van der Waals surface area (Å²) in [7, 11) is 0. The Morgan fingerprint density at radius 3 is 2.76 bits per heavy atom. The fourth-order valence-corrected chi connectivity index (χ4v) is 2.02. The topological polar surface area (TPSA) is 54.6 Å². The maximum Gasteiger partial charge on any atom is 0.240 e. The van der Waals surface area contributed by atoms with Crippen molar-refractivity contribution in [2.75, 3.05) is 0 Å². The van der Waals surface area contributed by atoms with Gasteiger partial charge in [0.2, 0.25) is 5.91 Å². The first-order valence-corrected chi connectivity index (χ1v) is 7.66. The monoisotopic (exact) mass is 348 g/mol. The van der Waals surface area contributed by atoms with E-state index in [1.54, 1.807) is 0 Å². The molecule has 21 heavy (non-hydrogen) atoms. The molecular formula is C16H17BrN2O2. The van der Waals surface area contributed by atoms with E-state index in [1.807, 2.05) is 43.3 Å². The molecule has 0 unspecified atom stereocenters. The van der Waals surface area contributed by atoms with Gasteiger partial charge in [-0.15, -0.1) is 0 Å². The van der Waals surface area contributed by atoms with Gasteiger partial charge in [-0.05, 0) is 30.7 Å². The minimum absolute atomic E-state index is 0.0761. The molecule has 1 N–H and O–H groups in total. The van der Waals surface area contributed by atoms with Crippen LogP contribution in [0, 0.1) is 0 Å². The minimum Gasteiger partial charge on any atom is -0.455 e. The third-order valence-corrected chi connectivity index (χ3v) is 3.42. The zero-order valence-electron chi connectivity index (χ0n) is 11.8. The van der Waals surface area contributed by atoms with Crippen LogP contribution in [-0.4, -0.2) is 12.1 Å². The zero-order valence-corrected chi connectivity index (χ0v) is 13.4. The van der Waals surface area contributed by atoms with Crippen LogP contribution in [0.25, 0.3) is 11.3 Å². The summed E-state index contributed by atoms with van der Waals surface area (Å²) in [6.07, 6.45) is 3.87. The highest BCUT2D eigenvalue weighted by Crippen LogP contribution is 2.23. The predicted octanol–water partition coefficient (Wildman–Crippen LogP) is 4.35. The zero-order chi connectivity index (χ0) is 15.1. The molecule has 1 heterocycles. The summed E-state index contributed by atoms with van der Waals surface area (Å²) in [6, 6.07) is 11.6. The number of halogens is 1. The lowest BCUT2D eigenvalue weighted by atomic mass is 10.2. The summed E-state index contributed by atoms with van der Waals surface area (Å²) in [6.45, 7) is 2.04. The van der Waals surface area contributed by atoms with Crippen molar-refractivity contribution in [1.82, 2.24) is 5.43 Å². The largest absolute Gasteiger partial charge is 0.455 e. The molecule has 0 spiro atoms. The van der Waals surface area contributed by atoms with E-state index in [0.29, 0.717) is 12.2 Å². The van der Waals surface area contributed by atoms with Crippen molar-refractivity contribution >= 4 is 28.1 Å². The van der Waals surface area contributed by atoms with Crippen molar-refractivity contribution in [3.63, 3.8) is 0 Å². The van der Waals surface area contributed by atoms with E-state index in [-0.39, 0.29) is 5.91 Å². The lowest BCUT2D eigenvalue weighted by Crippen LogP contribution is -2.16. The third-order valence-electron chi connectivity index (χ3n) is 2.89. The van der Waals surface area contributed by atoms with Crippen molar-refractivity contribution in [1.29, 1.82) is 0 Å². The van der Waals surface area contributed by atoms with E-state index in [4.69, 9.17) is 4.42 Å². The highest BCUT2D eigenvalue weighted by Gasteiger charge is 2.03.